The lowest BCUT2D eigenvalue weighted by Gasteiger charge is -2.13. The second-order valence-electron chi connectivity index (χ2n) is 4.81. The molecular weight excluding hydrogens is 270 g/mol. The van der Waals surface area contributed by atoms with Crippen LogP contribution < -0.4 is 10.1 Å². The van der Waals surface area contributed by atoms with E-state index >= 15 is 0 Å². The van der Waals surface area contributed by atoms with Crippen LogP contribution in [0.4, 0.5) is 11.4 Å². The van der Waals surface area contributed by atoms with Crippen molar-refractivity contribution in [1.82, 2.24) is 0 Å². The van der Waals surface area contributed by atoms with Gasteiger partial charge in [0, 0.05) is 17.4 Å². The van der Waals surface area contributed by atoms with Gasteiger partial charge < -0.3 is 20.3 Å². The van der Waals surface area contributed by atoms with Crippen LogP contribution in [0.5, 0.6) is 11.5 Å². The lowest BCUT2D eigenvalue weighted by atomic mass is 10.1. The van der Waals surface area contributed by atoms with Crippen molar-refractivity contribution < 1.29 is 19.7 Å². The molecule has 5 heteroatoms. The largest absolute Gasteiger partial charge is 0.507 e. The van der Waals surface area contributed by atoms with Gasteiger partial charge in [0.25, 0.3) is 0 Å². The normalized spacial score (nSPS) is 10.2. The highest BCUT2D eigenvalue weighted by Gasteiger charge is 2.10. The summed E-state index contributed by atoms with van der Waals surface area (Å²) in [6.07, 6.45) is 0. The third-order valence-electron chi connectivity index (χ3n) is 3.18. The van der Waals surface area contributed by atoms with Crippen molar-refractivity contribution in [2.75, 3.05) is 12.4 Å². The van der Waals surface area contributed by atoms with Gasteiger partial charge in [0.2, 0.25) is 0 Å². The van der Waals surface area contributed by atoms with Crippen LogP contribution in [0.1, 0.15) is 21.5 Å². The van der Waals surface area contributed by atoms with E-state index in [0.717, 1.165) is 22.6 Å². The van der Waals surface area contributed by atoms with Crippen LogP contribution in [-0.4, -0.2) is 23.3 Å². The highest BCUT2D eigenvalue weighted by atomic mass is 16.5. The first-order valence-corrected chi connectivity index (χ1v) is 6.41. The molecule has 0 heterocycles. The zero-order valence-electron chi connectivity index (χ0n) is 12.1. The molecule has 0 atom stereocenters. The summed E-state index contributed by atoms with van der Waals surface area (Å²) in [5.74, 6) is -0.589. The van der Waals surface area contributed by atoms with Gasteiger partial charge in [0.15, 0.2) is 0 Å². The number of carboxylic acid groups (broad SMARTS) is 1. The van der Waals surface area contributed by atoms with Crippen molar-refractivity contribution in [1.29, 1.82) is 0 Å². The van der Waals surface area contributed by atoms with Gasteiger partial charge in [-0.2, -0.15) is 0 Å². The monoisotopic (exact) mass is 287 g/mol. The Kier molecular flexibility index (Phi) is 4.03. The number of hydrogen-bond acceptors (Lipinski definition) is 4. The fraction of sp³-hybridized carbons (Fsp3) is 0.188. The van der Waals surface area contributed by atoms with Gasteiger partial charge in [0.05, 0.1) is 7.11 Å². The number of rotatable bonds is 4. The van der Waals surface area contributed by atoms with Gasteiger partial charge in [-0.1, -0.05) is 0 Å². The van der Waals surface area contributed by atoms with Gasteiger partial charge >= 0.3 is 5.97 Å². The smallest absolute Gasteiger partial charge is 0.339 e. The van der Waals surface area contributed by atoms with Crippen molar-refractivity contribution in [2.24, 2.45) is 0 Å². The number of benzene rings is 2. The molecule has 0 aliphatic heterocycles. The maximum Gasteiger partial charge on any atom is 0.339 e. The van der Waals surface area contributed by atoms with Crippen molar-refractivity contribution in [3.05, 3.63) is 47.0 Å². The second-order valence-corrected chi connectivity index (χ2v) is 4.81. The third kappa shape index (κ3) is 3.08. The summed E-state index contributed by atoms with van der Waals surface area (Å²) in [7, 11) is 1.63. The third-order valence-corrected chi connectivity index (χ3v) is 3.18. The molecule has 0 fully saturated rings. The van der Waals surface area contributed by atoms with Crippen molar-refractivity contribution in [3.63, 3.8) is 0 Å². The van der Waals surface area contributed by atoms with Gasteiger partial charge in [-0.15, -0.1) is 0 Å². The van der Waals surface area contributed by atoms with Crippen molar-refractivity contribution >= 4 is 17.3 Å². The van der Waals surface area contributed by atoms with Crippen LogP contribution >= 0.6 is 0 Å². The van der Waals surface area contributed by atoms with Crippen molar-refractivity contribution in [2.45, 2.75) is 13.8 Å². The Bertz CT molecular complexity index is 672. The maximum atomic E-state index is 10.9. The number of anilines is 2. The molecule has 2 aromatic carbocycles. The standard InChI is InChI=1S/C16H17NO4/c1-9-6-12(7-10(2)15(9)21-3)17-11-4-5-13(16(19)20)14(18)8-11/h4-8,17-18H,1-3H3,(H,19,20). The Morgan fingerprint density at radius 3 is 2.19 bits per heavy atom. The van der Waals surface area contributed by atoms with Crippen LogP contribution in [0, 0.1) is 13.8 Å². The number of ether oxygens (including phenoxy) is 1. The summed E-state index contributed by atoms with van der Waals surface area (Å²) in [5.41, 5.74) is 3.31. The number of carbonyl (C=O) groups is 1. The molecule has 0 aliphatic carbocycles. The number of aromatic hydroxyl groups is 1. The molecule has 2 aromatic rings. The number of aromatic carboxylic acids is 1. The van der Waals surface area contributed by atoms with E-state index in [4.69, 9.17) is 9.84 Å². The van der Waals surface area contributed by atoms with E-state index in [1.807, 2.05) is 26.0 Å². The fourth-order valence-electron chi connectivity index (χ4n) is 2.30. The Morgan fingerprint density at radius 2 is 1.71 bits per heavy atom. The zero-order chi connectivity index (χ0) is 15.6. The first-order chi connectivity index (χ1) is 9.92. The Balaban J connectivity index is 2.30. The number of aryl methyl sites for hydroxylation is 2. The summed E-state index contributed by atoms with van der Waals surface area (Å²) >= 11 is 0. The van der Waals surface area contributed by atoms with Crippen LogP contribution in [0.3, 0.4) is 0 Å². The number of nitrogens with one attached hydrogen (secondary N) is 1. The topological polar surface area (TPSA) is 78.8 Å². The Labute approximate surface area is 122 Å². The average molecular weight is 287 g/mol. The summed E-state index contributed by atoms with van der Waals surface area (Å²) in [5, 5.41) is 21.7. The molecule has 110 valence electrons. The van der Waals surface area contributed by atoms with E-state index in [2.05, 4.69) is 5.32 Å². The number of phenols is 1. The molecule has 0 radical (unpaired) electrons. The predicted octanol–water partition coefficient (Wildman–Crippen LogP) is 3.46. The first kappa shape index (κ1) is 14.7. The Morgan fingerprint density at radius 1 is 1.10 bits per heavy atom. The average Bonchev–Trinajstić information content (AvgIpc) is 2.37. The quantitative estimate of drug-likeness (QED) is 0.802. The van der Waals surface area contributed by atoms with Gasteiger partial charge in [-0.3, -0.25) is 0 Å². The summed E-state index contributed by atoms with van der Waals surface area (Å²) in [6.45, 7) is 3.89. The van der Waals surface area contributed by atoms with E-state index in [1.165, 1.54) is 12.1 Å². The molecule has 0 saturated heterocycles. The van der Waals surface area contributed by atoms with E-state index in [-0.39, 0.29) is 11.3 Å². The second kappa shape index (κ2) is 5.75. The number of hydrogen-bond donors (Lipinski definition) is 3. The maximum absolute atomic E-state index is 10.9. The minimum Gasteiger partial charge on any atom is -0.507 e. The van der Waals surface area contributed by atoms with Crippen LogP contribution in [0.2, 0.25) is 0 Å². The van der Waals surface area contributed by atoms with Crippen LogP contribution in [0.25, 0.3) is 0 Å². The fourth-order valence-corrected chi connectivity index (χ4v) is 2.30. The predicted molar refractivity (Wildman–Crippen MR) is 80.8 cm³/mol. The molecular formula is C16H17NO4. The van der Waals surface area contributed by atoms with Gasteiger partial charge in [0.1, 0.15) is 17.1 Å². The van der Waals surface area contributed by atoms with E-state index in [9.17, 15) is 9.90 Å². The molecule has 0 aromatic heterocycles. The molecule has 0 spiro atoms. The van der Waals surface area contributed by atoms with E-state index < -0.39 is 5.97 Å². The molecule has 0 aliphatic rings. The van der Waals surface area contributed by atoms with E-state index in [0.29, 0.717) is 5.69 Å². The lowest BCUT2D eigenvalue weighted by molar-refractivity contribution is 0.0694. The van der Waals surface area contributed by atoms with Crippen LogP contribution in [0.15, 0.2) is 30.3 Å². The molecule has 0 unspecified atom stereocenters. The molecule has 2 rings (SSSR count). The molecule has 5 nitrogen and oxygen atoms in total. The number of methoxy groups -OCH3 is 1. The summed E-state index contributed by atoms with van der Waals surface area (Å²) < 4.78 is 5.31. The van der Waals surface area contributed by atoms with Crippen LogP contribution in [-0.2, 0) is 0 Å². The minimum absolute atomic E-state index is 0.123. The minimum atomic E-state index is -1.16. The zero-order valence-corrected chi connectivity index (χ0v) is 12.1. The molecule has 0 bridgehead atoms. The highest BCUT2D eigenvalue weighted by Crippen LogP contribution is 2.30. The number of carboxylic acids is 1. The Hall–Kier alpha value is -2.69. The molecule has 21 heavy (non-hydrogen) atoms. The van der Waals surface area contributed by atoms with E-state index in [1.54, 1.807) is 13.2 Å². The van der Waals surface area contributed by atoms with Crippen molar-refractivity contribution in [3.8, 4) is 11.5 Å². The van der Waals surface area contributed by atoms with Gasteiger partial charge in [-0.25, -0.2) is 4.79 Å². The SMILES string of the molecule is COc1c(C)cc(Nc2ccc(C(=O)O)c(O)c2)cc1C. The first-order valence-electron chi connectivity index (χ1n) is 6.41. The molecule has 0 saturated carbocycles. The van der Waals surface area contributed by atoms with Gasteiger partial charge in [-0.05, 0) is 49.2 Å². The lowest BCUT2D eigenvalue weighted by Crippen LogP contribution is -1.99. The summed E-state index contributed by atoms with van der Waals surface area (Å²) in [6, 6.07) is 8.21. The highest BCUT2D eigenvalue weighted by molar-refractivity contribution is 5.91. The molecule has 3 N–H and O–H groups in total. The summed E-state index contributed by atoms with van der Waals surface area (Å²) in [4.78, 5) is 10.9. The molecule has 0 amide bonds.